The van der Waals surface area contributed by atoms with E-state index in [0.29, 0.717) is 6.61 Å². The van der Waals surface area contributed by atoms with E-state index in [2.05, 4.69) is 50.4 Å². The van der Waals surface area contributed by atoms with Crippen molar-refractivity contribution < 1.29 is 26.2 Å². The van der Waals surface area contributed by atoms with Crippen molar-refractivity contribution in [3.05, 3.63) is 54.1 Å². The monoisotopic (exact) mass is 419 g/mol. The molecule has 26 heavy (non-hydrogen) atoms. The molecule has 0 aromatic heterocycles. The number of halogens is 1. The van der Waals surface area contributed by atoms with Crippen LogP contribution in [0.15, 0.2) is 58.8 Å². The molecule has 0 bridgehead atoms. The van der Waals surface area contributed by atoms with Gasteiger partial charge in [0.1, 0.15) is 18.9 Å². The molecule has 4 nitrogen and oxygen atoms in total. The second-order valence-electron chi connectivity index (χ2n) is 7.33. The number of quaternary nitrogens is 1. The van der Waals surface area contributed by atoms with E-state index in [0.717, 1.165) is 34.6 Å². The maximum Gasteiger partial charge on any atom is 0.137 e. The molecule has 2 aromatic rings. The summed E-state index contributed by atoms with van der Waals surface area (Å²) in [6.07, 6.45) is 3.57. The van der Waals surface area contributed by atoms with Crippen molar-refractivity contribution in [3.63, 3.8) is 0 Å². The van der Waals surface area contributed by atoms with Crippen LogP contribution in [0.4, 0.5) is 11.4 Å². The topological polar surface area (TPSA) is 34.0 Å². The van der Waals surface area contributed by atoms with Gasteiger partial charge in [0.05, 0.1) is 32.5 Å². The Morgan fingerprint density at radius 1 is 0.846 bits per heavy atom. The largest absolute Gasteiger partial charge is 1.00 e. The quantitative estimate of drug-likeness (QED) is 0.454. The van der Waals surface area contributed by atoms with Gasteiger partial charge in [-0.25, -0.2) is 0 Å². The number of likely N-dealkylation sites (N-methyl/N-ethyl adjacent to an activating group) is 1. The lowest BCUT2D eigenvalue weighted by atomic mass is 10.1. The average molecular weight is 420 g/mol. The molecular weight excluding hydrogens is 390 g/mol. The first-order chi connectivity index (χ1) is 12.0. The summed E-state index contributed by atoms with van der Waals surface area (Å²) in [7, 11) is 6.47. The number of hydrogen-bond acceptors (Lipinski definition) is 3. The van der Waals surface area contributed by atoms with E-state index in [1.54, 1.807) is 0 Å². The van der Waals surface area contributed by atoms with Crippen LogP contribution in [0.5, 0.6) is 5.75 Å². The number of rotatable bonds is 9. The van der Waals surface area contributed by atoms with Crippen molar-refractivity contribution in [3.8, 4) is 5.75 Å². The molecular formula is C21H30BrN3O. The summed E-state index contributed by atoms with van der Waals surface area (Å²) in [5.74, 6) is 0.868. The molecule has 0 aliphatic rings. The van der Waals surface area contributed by atoms with E-state index in [1.165, 1.54) is 18.4 Å². The van der Waals surface area contributed by atoms with E-state index in [-0.39, 0.29) is 17.0 Å². The highest BCUT2D eigenvalue weighted by Gasteiger charge is 2.06. The molecule has 142 valence electrons. The summed E-state index contributed by atoms with van der Waals surface area (Å²) < 4.78 is 6.65. The summed E-state index contributed by atoms with van der Waals surface area (Å²) in [6, 6.07) is 16.1. The molecule has 0 spiro atoms. The fourth-order valence-corrected chi connectivity index (χ4v) is 2.27. The predicted octanol–water partition coefficient (Wildman–Crippen LogP) is 2.53. The second kappa shape index (κ2) is 11.1. The lowest BCUT2D eigenvalue weighted by Crippen LogP contribution is -3.00. The summed E-state index contributed by atoms with van der Waals surface area (Å²) in [5, 5.41) is 8.60. The van der Waals surface area contributed by atoms with Gasteiger partial charge in [0.2, 0.25) is 0 Å². The minimum atomic E-state index is 0. The van der Waals surface area contributed by atoms with Crippen LogP contribution in [-0.2, 0) is 6.42 Å². The number of unbranched alkanes of at least 4 members (excludes halogenated alkanes) is 1. The zero-order valence-corrected chi connectivity index (χ0v) is 17.9. The first-order valence-corrected chi connectivity index (χ1v) is 9.00. The van der Waals surface area contributed by atoms with Gasteiger partial charge in [-0.2, -0.15) is 10.2 Å². The SMILES string of the molecule is CCCCc1ccc(N=Nc2ccc(OCC[N+](C)(C)C)cc2)cc1.[Br-]. The summed E-state index contributed by atoms with van der Waals surface area (Å²) in [5.41, 5.74) is 3.06. The maximum absolute atomic E-state index is 5.76. The van der Waals surface area contributed by atoms with E-state index in [4.69, 9.17) is 4.74 Å². The number of azo groups is 1. The molecule has 0 amide bonds. The van der Waals surface area contributed by atoms with Crippen LogP contribution < -0.4 is 21.7 Å². The Labute approximate surface area is 168 Å². The summed E-state index contributed by atoms with van der Waals surface area (Å²) in [6.45, 7) is 3.88. The smallest absolute Gasteiger partial charge is 0.137 e. The first kappa shape index (κ1) is 22.3. The number of hydrogen-bond donors (Lipinski definition) is 0. The van der Waals surface area contributed by atoms with Gasteiger partial charge in [0.25, 0.3) is 0 Å². The van der Waals surface area contributed by atoms with E-state index < -0.39 is 0 Å². The number of aryl methyl sites for hydroxylation is 1. The van der Waals surface area contributed by atoms with Crippen LogP contribution in [0.3, 0.4) is 0 Å². The van der Waals surface area contributed by atoms with Crippen LogP contribution in [0.2, 0.25) is 0 Å². The fraction of sp³-hybridized carbons (Fsp3) is 0.429. The predicted molar refractivity (Wildman–Crippen MR) is 104 cm³/mol. The van der Waals surface area contributed by atoms with Crippen molar-refractivity contribution in [1.82, 2.24) is 0 Å². The molecule has 0 aliphatic carbocycles. The second-order valence-corrected chi connectivity index (χ2v) is 7.33. The van der Waals surface area contributed by atoms with Crippen LogP contribution >= 0.6 is 0 Å². The molecule has 0 heterocycles. The third-order valence-corrected chi connectivity index (χ3v) is 3.90. The Morgan fingerprint density at radius 3 is 1.88 bits per heavy atom. The lowest BCUT2D eigenvalue weighted by molar-refractivity contribution is -0.870. The van der Waals surface area contributed by atoms with Crippen molar-refractivity contribution >= 4 is 11.4 Å². The molecule has 0 atom stereocenters. The van der Waals surface area contributed by atoms with Gasteiger partial charge < -0.3 is 26.2 Å². The molecule has 2 rings (SSSR count). The zero-order chi connectivity index (χ0) is 18.1. The molecule has 0 saturated carbocycles. The highest BCUT2D eigenvalue weighted by atomic mass is 79.9. The molecule has 0 aliphatic heterocycles. The van der Waals surface area contributed by atoms with Gasteiger partial charge in [-0.1, -0.05) is 25.5 Å². The summed E-state index contributed by atoms with van der Waals surface area (Å²) >= 11 is 0. The molecule has 0 saturated heterocycles. The standard InChI is InChI=1S/C21H30N3O.BrH/c1-5-6-7-18-8-10-19(11-9-18)22-23-20-12-14-21(15-13-20)25-17-16-24(2,3)4;/h8-15H,5-7,16-17H2,1-4H3;1H/q+1;/p-1. The molecule has 5 heteroatoms. The van der Waals surface area contributed by atoms with Gasteiger partial charge in [-0.3, -0.25) is 0 Å². The van der Waals surface area contributed by atoms with Crippen molar-refractivity contribution in [2.45, 2.75) is 26.2 Å². The highest BCUT2D eigenvalue weighted by Crippen LogP contribution is 2.22. The molecule has 0 fully saturated rings. The Kier molecular flexibility index (Phi) is 9.52. The van der Waals surface area contributed by atoms with Gasteiger partial charge in [0.15, 0.2) is 0 Å². The van der Waals surface area contributed by atoms with E-state index in [9.17, 15) is 0 Å². The lowest BCUT2D eigenvalue weighted by Gasteiger charge is -2.23. The number of benzene rings is 2. The first-order valence-electron chi connectivity index (χ1n) is 9.00. The Hall–Kier alpha value is -1.72. The van der Waals surface area contributed by atoms with Crippen LogP contribution in [0, 0.1) is 0 Å². The molecule has 0 N–H and O–H groups in total. The molecule has 0 unspecified atom stereocenters. The maximum atomic E-state index is 5.76. The van der Waals surface area contributed by atoms with Crippen molar-refractivity contribution in [2.75, 3.05) is 34.3 Å². The van der Waals surface area contributed by atoms with Gasteiger partial charge in [0, 0.05) is 0 Å². The van der Waals surface area contributed by atoms with Gasteiger partial charge >= 0.3 is 0 Å². The summed E-state index contributed by atoms with van der Waals surface area (Å²) in [4.78, 5) is 0. The van der Waals surface area contributed by atoms with Crippen molar-refractivity contribution in [1.29, 1.82) is 0 Å². The average Bonchev–Trinajstić information content (AvgIpc) is 2.59. The number of nitrogens with zero attached hydrogens (tertiary/aromatic N) is 3. The zero-order valence-electron chi connectivity index (χ0n) is 16.3. The Bertz CT molecular complexity index is 661. The van der Waals surface area contributed by atoms with Crippen LogP contribution in [0.25, 0.3) is 0 Å². The Morgan fingerprint density at radius 2 is 1.38 bits per heavy atom. The third kappa shape index (κ3) is 8.59. The molecule has 0 radical (unpaired) electrons. The van der Waals surface area contributed by atoms with E-state index >= 15 is 0 Å². The molecule has 2 aromatic carbocycles. The highest BCUT2D eigenvalue weighted by molar-refractivity contribution is 5.43. The third-order valence-electron chi connectivity index (χ3n) is 3.90. The van der Waals surface area contributed by atoms with Crippen molar-refractivity contribution in [2.24, 2.45) is 10.2 Å². The van der Waals surface area contributed by atoms with Crippen LogP contribution in [0.1, 0.15) is 25.3 Å². The normalized spacial score (nSPS) is 11.4. The van der Waals surface area contributed by atoms with Gasteiger partial charge in [-0.15, -0.1) is 0 Å². The fourth-order valence-electron chi connectivity index (χ4n) is 2.27. The van der Waals surface area contributed by atoms with E-state index in [1.807, 2.05) is 36.4 Å². The van der Waals surface area contributed by atoms with Crippen LogP contribution in [-0.4, -0.2) is 38.8 Å². The minimum Gasteiger partial charge on any atom is -1.00 e. The minimum absolute atomic E-state index is 0. The van der Waals surface area contributed by atoms with Gasteiger partial charge in [-0.05, 0) is 54.8 Å². The number of ether oxygens (including phenoxy) is 1. The Balaban J connectivity index is 0.00000338.